The molecule has 2 aliphatic rings. The maximum atomic E-state index is 12.2. The molecule has 23 heavy (non-hydrogen) atoms. The normalized spacial score (nSPS) is 20.3. The lowest BCUT2D eigenvalue weighted by Crippen LogP contribution is -2.27. The van der Waals surface area contributed by atoms with Gasteiger partial charge in [0.05, 0.1) is 5.92 Å². The van der Waals surface area contributed by atoms with E-state index in [4.69, 9.17) is 11.6 Å². The minimum absolute atomic E-state index is 0.0381. The Balaban J connectivity index is 1.79. The van der Waals surface area contributed by atoms with E-state index in [0.29, 0.717) is 0 Å². The molecule has 0 bridgehead atoms. The van der Waals surface area contributed by atoms with Crippen LogP contribution in [0.5, 0.6) is 0 Å². The molecule has 2 heterocycles. The molecule has 4 heteroatoms. The Morgan fingerprint density at radius 3 is 2.83 bits per heavy atom. The Hall–Kier alpha value is -2.00. The van der Waals surface area contributed by atoms with E-state index in [1.165, 1.54) is 11.3 Å². The molecular weight excluding hydrogens is 308 g/mol. The van der Waals surface area contributed by atoms with Crippen molar-refractivity contribution < 1.29 is 4.79 Å². The fourth-order valence-corrected chi connectivity index (χ4v) is 3.93. The predicted molar refractivity (Wildman–Crippen MR) is 93.6 cm³/mol. The number of carbonyl (C=O) groups is 1. The second kappa shape index (κ2) is 5.89. The molecule has 3 nitrogen and oxygen atoms in total. The zero-order valence-corrected chi connectivity index (χ0v) is 13.6. The summed E-state index contributed by atoms with van der Waals surface area (Å²) >= 11 is 6.15. The van der Waals surface area contributed by atoms with Crippen molar-refractivity contribution in [3.8, 4) is 0 Å². The minimum atomic E-state index is -0.0381. The number of hydrogen-bond donors (Lipinski definition) is 1. The van der Waals surface area contributed by atoms with E-state index < -0.39 is 0 Å². The Morgan fingerprint density at radius 1 is 1.13 bits per heavy atom. The van der Waals surface area contributed by atoms with Gasteiger partial charge in [-0.15, -0.1) is 0 Å². The maximum Gasteiger partial charge on any atom is 0.227 e. The van der Waals surface area contributed by atoms with E-state index in [-0.39, 0.29) is 11.8 Å². The molecule has 0 aliphatic carbocycles. The average Bonchev–Trinajstić information content (AvgIpc) is 3.00. The first kappa shape index (κ1) is 14.6. The van der Waals surface area contributed by atoms with Crippen LogP contribution in [-0.2, 0) is 11.2 Å². The second-order valence-corrected chi connectivity index (χ2v) is 6.66. The smallest absolute Gasteiger partial charge is 0.227 e. The van der Waals surface area contributed by atoms with Gasteiger partial charge < -0.3 is 10.2 Å². The summed E-state index contributed by atoms with van der Waals surface area (Å²) in [6.45, 7) is 1.74. The van der Waals surface area contributed by atoms with Crippen molar-refractivity contribution in [1.29, 1.82) is 0 Å². The Bertz CT molecular complexity index is 759. The molecule has 2 aromatic rings. The van der Waals surface area contributed by atoms with Crippen LogP contribution >= 0.6 is 11.6 Å². The van der Waals surface area contributed by atoms with Crippen LogP contribution in [0.1, 0.15) is 29.9 Å². The zero-order chi connectivity index (χ0) is 15.8. The van der Waals surface area contributed by atoms with Crippen LogP contribution in [0.2, 0.25) is 5.02 Å². The van der Waals surface area contributed by atoms with Gasteiger partial charge in [-0.1, -0.05) is 29.8 Å². The van der Waals surface area contributed by atoms with Crippen LogP contribution in [-0.4, -0.2) is 19.0 Å². The molecule has 1 N–H and O–H groups in total. The highest BCUT2D eigenvalue weighted by molar-refractivity contribution is 6.30. The van der Waals surface area contributed by atoms with Crippen LogP contribution < -0.4 is 10.2 Å². The molecule has 1 saturated heterocycles. The number of fused-ring (bicyclic) bond motifs is 1. The van der Waals surface area contributed by atoms with Crippen LogP contribution in [0.15, 0.2) is 42.5 Å². The topological polar surface area (TPSA) is 32.3 Å². The van der Waals surface area contributed by atoms with E-state index in [2.05, 4.69) is 40.5 Å². The maximum absolute atomic E-state index is 12.2. The molecule has 0 saturated carbocycles. The minimum Gasteiger partial charge on any atom is -0.356 e. The molecule has 4 rings (SSSR count). The molecular formula is C19H19ClN2O. The number of aryl methyl sites for hydroxylation is 1. The van der Waals surface area contributed by atoms with Gasteiger partial charge in [-0.25, -0.2) is 0 Å². The molecule has 0 spiro atoms. The van der Waals surface area contributed by atoms with Crippen molar-refractivity contribution >= 4 is 28.9 Å². The first-order valence-electron chi connectivity index (χ1n) is 8.16. The first-order valence-corrected chi connectivity index (χ1v) is 8.54. The third kappa shape index (κ3) is 2.59. The third-order valence-electron chi connectivity index (χ3n) is 4.81. The molecule has 0 unspecified atom stereocenters. The van der Waals surface area contributed by atoms with E-state index in [1.54, 1.807) is 0 Å². The number of para-hydroxylation sites is 1. The summed E-state index contributed by atoms with van der Waals surface area (Å²) in [7, 11) is 0. The number of amides is 1. The Kier molecular flexibility index (Phi) is 3.74. The van der Waals surface area contributed by atoms with E-state index in [1.807, 2.05) is 12.1 Å². The van der Waals surface area contributed by atoms with Gasteiger partial charge >= 0.3 is 0 Å². The zero-order valence-electron chi connectivity index (χ0n) is 12.9. The highest BCUT2D eigenvalue weighted by atomic mass is 35.5. The summed E-state index contributed by atoms with van der Waals surface area (Å²) in [5, 5.41) is 3.74. The largest absolute Gasteiger partial charge is 0.356 e. The van der Waals surface area contributed by atoms with Crippen molar-refractivity contribution in [2.45, 2.75) is 25.2 Å². The molecule has 0 aromatic heterocycles. The number of hydrogen-bond acceptors (Lipinski definition) is 2. The van der Waals surface area contributed by atoms with Crippen LogP contribution in [0.3, 0.4) is 0 Å². The number of anilines is 2. The van der Waals surface area contributed by atoms with Gasteiger partial charge in [0, 0.05) is 29.5 Å². The summed E-state index contributed by atoms with van der Waals surface area (Å²) in [6.07, 6.45) is 3.02. The molecule has 2 aromatic carbocycles. The van der Waals surface area contributed by atoms with Crippen LogP contribution in [0, 0.1) is 0 Å². The lowest BCUT2D eigenvalue weighted by atomic mass is 9.93. The van der Waals surface area contributed by atoms with Gasteiger partial charge in [-0.3, -0.25) is 4.79 Å². The molecule has 118 valence electrons. The highest BCUT2D eigenvalue weighted by Gasteiger charge is 2.30. The van der Waals surface area contributed by atoms with E-state index >= 15 is 0 Å². The lowest BCUT2D eigenvalue weighted by molar-refractivity contribution is -0.120. The van der Waals surface area contributed by atoms with Crippen molar-refractivity contribution in [3.63, 3.8) is 0 Å². The van der Waals surface area contributed by atoms with Crippen LogP contribution in [0.25, 0.3) is 0 Å². The summed E-state index contributed by atoms with van der Waals surface area (Å²) in [4.78, 5) is 14.5. The number of nitrogens with zero attached hydrogens (tertiary/aromatic N) is 1. The monoisotopic (exact) mass is 326 g/mol. The van der Waals surface area contributed by atoms with Gasteiger partial charge in [-0.2, -0.15) is 0 Å². The first-order chi connectivity index (χ1) is 11.2. The van der Waals surface area contributed by atoms with Crippen molar-refractivity contribution in [2.75, 3.05) is 18.0 Å². The predicted octanol–water partition coefficient (Wildman–Crippen LogP) is 4.03. The van der Waals surface area contributed by atoms with Gasteiger partial charge in [0.2, 0.25) is 5.91 Å². The van der Waals surface area contributed by atoms with Crippen molar-refractivity contribution in [2.24, 2.45) is 0 Å². The number of halogens is 1. The summed E-state index contributed by atoms with van der Waals surface area (Å²) in [6, 6.07) is 14.4. The van der Waals surface area contributed by atoms with Crippen molar-refractivity contribution in [1.82, 2.24) is 5.32 Å². The van der Waals surface area contributed by atoms with Gasteiger partial charge in [0.25, 0.3) is 0 Å². The van der Waals surface area contributed by atoms with Crippen LogP contribution in [0.4, 0.5) is 11.4 Å². The summed E-state index contributed by atoms with van der Waals surface area (Å²) in [5.74, 6) is 0.106. The number of rotatable bonds is 2. The second-order valence-electron chi connectivity index (χ2n) is 6.22. The fraction of sp³-hybridized carbons (Fsp3) is 0.316. The van der Waals surface area contributed by atoms with Gasteiger partial charge in [0.1, 0.15) is 0 Å². The third-order valence-corrected chi connectivity index (χ3v) is 5.05. The van der Waals surface area contributed by atoms with Crippen molar-refractivity contribution in [3.05, 3.63) is 58.6 Å². The van der Waals surface area contributed by atoms with E-state index in [0.717, 1.165) is 48.6 Å². The molecule has 2 aliphatic heterocycles. The Labute approximate surface area is 141 Å². The SMILES string of the molecule is O=C1NCC[C@H]1c1ccccc1N1CCCc2cc(Cl)ccc21. The number of carbonyl (C=O) groups excluding carboxylic acids is 1. The highest BCUT2D eigenvalue weighted by Crippen LogP contribution is 2.39. The number of nitrogens with one attached hydrogen (secondary N) is 1. The lowest BCUT2D eigenvalue weighted by Gasteiger charge is -2.33. The molecule has 0 radical (unpaired) electrons. The molecule has 1 amide bonds. The molecule has 1 fully saturated rings. The molecule has 1 atom stereocenters. The van der Waals surface area contributed by atoms with E-state index in [9.17, 15) is 4.79 Å². The standard InChI is InChI=1S/C19H19ClN2O/c20-14-7-8-17-13(12-14)4-3-11-22(17)18-6-2-1-5-15(18)16-9-10-21-19(16)23/h1-2,5-8,12,16H,3-4,9-11H2,(H,21,23)/t16-/m0/s1. The fourth-order valence-electron chi connectivity index (χ4n) is 3.73. The average molecular weight is 327 g/mol. The van der Waals surface area contributed by atoms with Gasteiger partial charge in [-0.05, 0) is 54.7 Å². The quantitative estimate of drug-likeness (QED) is 0.903. The number of benzene rings is 2. The van der Waals surface area contributed by atoms with Gasteiger partial charge in [0.15, 0.2) is 0 Å². The summed E-state index contributed by atoms with van der Waals surface area (Å²) in [5.41, 5.74) is 4.78. The Morgan fingerprint density at radius 2 is 2.00 bits per heavy atom. The summed E-state index contributed by atoms with van der Waals surface area (Å²) < 4.78 is 0.